The molecule has 0 fully saturated rings. The normalized spacial score (nSPS) is 13.2. The van der Waals surface area contributed by atoms with Gasteiger partial charge < -0.3 is 9.84 Å². The number of aliphatic hydroxyl groups is 1. The maximum Gasteiger partial charge on any atom is 0.308 e. The Morgan fingerprint density at radius 3 is 2.55 bits per heavy atom. The van der Waals surface area contributed by atoms with Crippen molar-refractivity contribution < 1.29 is 14.6 Å². The summed E-state index contributed by atoms with van der Waals surface area (Å²) >= 11 is 10.6. The van der Waals surface area contributed by atoms with Crippen molar-refractivity contribution in [1.82, 2.24) is 0 Å². The fraction of sp³-hybridized carbons (Fsp3) is 0.833. The molecule has 5 heteroatoms. The van der Waals surface area contributed by atoms with Gasteiger partial charge in [0.15, 0.2) is 0 Å². The molecule has 0 spiro atoms. The number of rotatable bonds is 4. The van der Waals surface area contributed by atoms with E-state index in [1.54, 1.807) is 6.92 Å². The number of hydrogen-bond acceptors (Lipinski definition) is 3. The summed E-state index contributed by atoms with van der Waals surface area (Å²) < 4.78 is 4.55. The number of esters is 1. The van der Waals surface area contributed by atoms with Gasteiger partial charge in [-0.1, -0.05) is 0 Å². The molecular weight excluding hydrogens is 191 g/mol. The minimum Gasteiger partial charge on any atom is -0.466 e. The molecule has 0 heterocycles. The van der Waals surface area contributed by atoms with Crippen molar-refractivity contribution in [2.24, 2.45) is 0 Å². The average Bonchev–Trinajstić information content (AvgIpc) is 1.87. The lowest BCUT2D eigenvalue weighted by Gasteiger charge is -2.09. The van der Waals surface area contributed by atoms with Gasteiger partial charge in [0.2, 0.25) is 0 Å². The first-order valence-corrected chi connectivity index (χ1v) is 4.07. The van der Waals surface area contributed by atoms with Crippen LogP contribution in [0.2, 0.25) is 0 Å². The summed E-state index contributed by atoms with van der Waals surface area (Å²) in [6.45, 7) is 1.98. The summed E-state index contributed by atoms with van der Waals surface area (Å²) in [5.74, 6) is -0.494. The second kappa shape index (κ2) is 5.63. The second-order valence-electron chi connectivity index (χ2n) is 1.91. The molecule has 0 bridgehead atoms. The Hall–Kier alpha value is 0.01000. The van der Waals surface area contributed by atoms with Crippen LogP contribution in [0.3, 0.4) is 0 Å². The summed E-state index contributed by atoms with van der Waals surface area (Å²) in [6, 6.07) is 0. The Morgan fingerprint density at radius 2 is 2.18 bits per heavy atom. The van der Waals surface area contributed by atoms with Crippen molar-refractivity contribution >= 4 is 29.2 Å². The van der Waals surface area contributed by atoms with Crippen LogP contribution < -0.4 is 0 Å². The van der Waals surface area contributed by atoms with Crippen LogP contribution in [0, 0.1) is 0 Å². The van der Waals surface area contributed by atoms with Crippen LogP contribution in [-0.2, 0) is 9.53 Å². The largest absolute Gasteiger partial charge is 0.466 e. The Kier molecular flexibility index (Phi) is 5.64. The van der Waals surface area contributed by atoms with Gasteiger partial charge in [-0.25, -0.2) is 0 Å². The molecule has 0 aliphatic rings. The topological polar surface area (TPSA) is 46.5 Å². The number of hydrogen-bond donors (Lipinski definition) is 1. The third-order valence-electron chi connectivity index (χ3n) is 0.972. The lowest BCUT2D eigenvalue weighted by atomic mass is 10.3. The molecule has 0 amide bonds. The van der Waals surface area contributed by atoms with Crippen molar-refractivity contribution in [2.75, 3.05) is 6.61 Å². The highest BCUT2D eigenvalue weighted by molar-refractivity contribution is 6.44. The Bertz CT molecular complexity index is 127. The van der Waals surface area contributed by atoms with Gasteiger partial charge in [0, 0.05) is 0 Å². The van der Waals surface area contributed by atoms with Crippen LogP contribution in [0.5, 0.6) is 0 Å². The first-order valence-electron chi connectivity index (χ1n) is 3.19. The van der Waals surface area contributed by atoms with Crippen molar-refractivity contribution in [3.8, 4) is 0 Å². The van der Waals surface area contributed by atoms with E-state index in [9.17, 15) is 4.79 Å². The number of alkyl halides is 2. The zero-order valence-electron chi connectivity index (χ0n) is 6.09. The first-order chi connectivity index (χ1) is 5.07. The second-order valence-corrected chi connectivity index (χ2v) is 3.07. The average molecular weight is 201 g/mol. The standard InChI is InChI=1S/C6H10Cl2O3/c1-2-11-5(10)3-4(9)6(7)8/h4,6,9H,2-3H2,1H3. The van der Waals surface area contributed by atoms with Gasteiger partial charge in [-0.15, -0.1) is 23.2 Å². The van der Waals surface area contributed by atoms with Gasteiger partial charge in [-0.05, 0) is 6.92 Å². The van der Waals surface area contributed by atoms with Gasteiger partial charge in [0.25, 0.3) is 0 Å². The van der Waals surface area contributed by atoms with Crippen molar-refractivity contribution in [2.45, 2.75) is 24.3 Å². The SMILES string of the molecule is CCOC(=O)CC(O)C(Cl)Cl. The molecule has 0 saturated heterocycles. The van der Waals surface area contributed by atoms with Crippen LogP contribution in [0.4, 0.5) is 0 Å². The number of ether oxygens (including phenoxy) is 1. The zero-order valence-corrected chi connectivity index (χ0v) is 7.60. The molecule has 0 aliphatic heterocycles. The smallest absolute Gasteiger partial charge is 0.308 e. The molecular formula is C6H10Cl2O3. The Labute approximate surface area is 75.2 Å². The van der Waals surface area contributed by atoms with E-state index in [4.69, 9.17) is 28.3 Å². The van der Waals surface area contributed by atoms with Crippen LogP contribution in [0.1, 0.15) is 13.3 Å². The highest BCUT2D eigenvalue weighted by Crippen LogP contribution is 2.11. The molecule has 0 aromatic rings. The third kappa shape index (κ3) is 5.30. The highest BCUT2D eigenvalue weighted by Gasteiger charge is 2.17. The van der Waals surface area contributed by atoms with Crippen LogP contribution in [0.15, 0.2) is 0 Å². The Morgan fingerprint density at radius 1 is 1.64 bits per heavy atom. The Balaban J connectivity index is 3.57. The van der Waals surface area contributed by atoms with Crippen LogP contribution in [-0.4, -0.2) is 28.6 Å². The van der Waals surface area contributed by atoms with E-state index in [1.807, 2.05) is 0 Å². The molecule has 11 heavy (non-hydrogen) atoms. The minimum atomic E-state index is -1.04. The molecule has 3 nitrogen and oxygen atoms in total. The van der Waals surface area contributed by atoms with Crippen molar-refractivity contribution in [3.63, 3.8) is 0 Å². The molecule has 66 valence electrons. The fourth-order valence-electron chi connectivity index (χ4n) is 0.480. The van der Waals surface area contributed by atoms with Crippen LogP contribution >= 0.6 is 23.2 Å². The molecule has 0 aromatic carbocycles. The van der Waals surface area contributed by atoms with Crippen molar-refractivity contribution in [3.05, 3.63) is 0 Å². The van der Waals surface area contributed by atoms with E-state index in [0.29, 0.717) is 6.61 Å². The minimum absolute atomic E-state index is 0.161. The van der Waals surface area contributed by atoms with E-state index in [-0.39, 0.29) is 6.42 Å². The number of aliphatic hydroxyl groups excluding tert-OH is 1. The number of halogens is 2. The quantitative estimate of drug-likeness (QED) is 0.547. The predicted molar refractivity (Wildman–Crippen MR) is 42.8 cm³/mol. The monoisotopic (exact) mass is 200 g/mol. The highest BCUT2D eigenvalue weighted by atomic mass is 35.5. The zero-order chi connectivity index (χ0) is 8.85. The number of carbonyl (C=O) groups excluding carboxylic acids is 1. The molecule has 1 N–H and O–H groups in total. The molecule has 1 atom stereocenters. The third-order valence-corrected chi connectivity index (χ3v) is 1.55. The maximum atomic E-state index is 10.7. The van der Waals surface area contributed by atoms with E-state index in [0.717, 1.165) is 0 Å². The first kappa shape index (κ1) is 11.0. The summed E-state index contributed by atoms with van der Waals surface area (Å²) in [4.78, 5) is 9.71. The van der Waals surface area contributed by atoms with Crippen molar-refractivity contribution in [1.29, 1.82) is 0 Å². The summed E-state index contributed by atoms with van der Waals surface area (Å²) in [5.41, 5.74) is 0. The van der Waals surface area contributed by atoms with Gasteiger partial charge >= 0.3 is 5.97 Å². The van der Waals surface area contributed by atoms with E-state index < -0.39 is 16.9 Å². The summed E-state index contributed by atoms with van der Waals surface area (Å²) in [5, 5.41) is 8.96. The molecule has 1 unspecified atom stereocenters. The summed E-state index contributed by atoms with van der Waals surface area (Å²) in [6.07, 6.45) is -1.21. The van der Waals surface area contributed by atoms with Gasteiger partial charge in [-0.2, -0.15) is 0 Å². The maximum absolute atomic E-state index is 10.7. The van der Waals surface area contributed by atoms with E-state index >= 15 is 0 Å². The molecule has 0 aromatic heterocycles. The summed E-state index contributed by atoms with van der Waals surface area (Å²) in [7, 11) is 0. The molecule has 0 radical (unpaired) electrons. The predicted octanol–water partition coefficient (Wildman–Crippen LogP) is 1.10. The number of carbonyl (C=O) groups is 1. The molecule has 0 rings (SSSR count). The molecule has 0 saturated carbocycles. The lowest BCUT2D eigenvalue weighted by Crippen LogP contribution is -2.21. The lowest BCUT2D eigenvalue weighted by molar-refractivity contribution is -0.145. The van der Waals surface area contributed by atoms with Gasteiger partial charge in [0.1, 0.15) is 4.84 Å². The van der Waals surface area contributed by atoms with Gasteiger partial charge in [-0.3, -0.25) is 4.79 Å². The fourth-order valence-corrected chi connectivity index (χ4v) is 0.658. The molecule has 0 aliphatic carbocycles. The van der Waals surface area contributed by atoms with Gasteiger partial charge in [0.05, 0.1) is 19.1 Å². The van der Waals surface area contributed by atoms with E-state index in [2.05, 4.69) is 4.74 Å². The van der Waals surface area contributed by atoms with Crippen LogP contribution in [0.25, 0.3) is 0 Å². The van der Waals surface area contributed by atoms with E-state index in [1.165, 1.54) is 0 Å².